The number of benzene rings is 1. The normalized spacial score (nSPS) is 16.4. The second kappa shape index (κ2) is 8.76. The third kappa shape index (κ3) is 5.26. The molecule has 3 rings (SSSR count). The second-order valence-corrected chi connectivity index (χ2v) is 7.07. The molecular weight excluding hydrogens is 326 g/mol. The predicted molar refractivity (Wildman–Crippen MR) is 102 cm³/mol. The Kier molecular flexibility index (Phi) is 6.17. The zero-order valence-electron chi connectivity index (χ0n) is 15.5. The van der Waals surface area contributed by atoms with Crippen LogP contribution < -0.4 is 5.32 Å². The minimum Gasteiger partial charge on any atom is -0.350 e. The van der Waals surface area contributed by atoms with E-state index in [9.17, 15) is 4.79 Å². The molecule has 0 unspecified atom stereocenters. The van der Waals surface area contributed by atoms with Gasteiger partial charge in [0.05, 0.1) is 12.7 Å². The quantitative estimate of drug-likeness (QED) is 0.810. The van der Waals surface area contributed by atoms with E-state index in [4.69, 9.17) is 0 Å². The van der Waals surface area contributed by atoms with E-state index in [-0.39, 0.29) is 11.9 Å². The van der Waals surface area contributed by atoms with Crippen LogP contribution in [0.1, 0.15) is 37.9 Å². The van der Waals surface area contributed by atoms with Gasteiger partial charge in [0.2, 0.25) is 5.91 Å². The highest BCUT2D eigenvalue weighted by atomic mass is 16.1. The fourth-order valence-corrected chi connectivity index (χ4v) is 3.21. The Morgan fingerprint density at radius 2 is 2.00 bits per heavy atom. The molecule has 2 aromatic rings. The van der Waals surface area contributed by atoms with Crippen LogP contribution in [-0.2, 0) is 11.3 Å². The molecule has 138 valence electrons. The van der Waals surface area contributed by atoms with Crippen LogP contribution in [0.2, 0.25) is 0 Å². The van der Waals surface area contributed by atoms with Crippen molar-refractivity contribution < 1.29 is 4.79 Å². The summed E-state index contributed by atoms with van der Waals surface area (Å²) >= 11 is 0. The number of rotatable bonds is 6. The molecule has 1 N–H and O–H groups in total. The van der Waals surface area contributed by atoms with Crippen molar-refractivity contribution in [2.75, 3.05) is 13.1 Å². The van der Waals surface area contributed by atoms with E-state index >= 15 is 0 Å². The summed E-state index contributed by atoms with van der Waals surface area (Å²) in [6, 6.07) is 10.9. The van der Waals surface area contributed by atoms with Gasteiger partial charge in [-0.3, -0.25) is 4.79 Å². The third-order valence-electron chi connectivity index (χ3n) is 4.76. The summed E-state index contributed by atoms with van der Waals surface area (Å²) in [5.41, 5.74) is 1.85. The van der Waals surface area contributed by atoms with Crippen molar-refractivity contribution >= 4 is 12.0 Å². The molecule has 1 saturated heterocycles. The number of nitrogens with zero attached hydrogens (tertiary/aromatic N) is 4. The number of hydrogen-bond donors (Lipinski definition) is 1. The van der Waals surface area contributed by atoms with E-state index in [2.05, 4.69) is 46.5 Å². The molecule has 0 bridgehead atoms. The van der Waals surface area contributed by atoms with E-state index in [1.165, 1.54) is 5.56 Å². The summed E-state index contributed by atoms with van der Waals surface area (Å²) in [6.07, 6.45) is 7.12. The van der Waals surface area contributed by atoms with Crippen LogP contribution in [0.15, 0.2) is 42.6 Å². The number of amides is 1. The number of piperidine rings is 1. The number of nitrogens with one attached hydrogen (secondary N) is 1. The molecule has 6 heteroatoms. The summed E-state index contributed by atoms with van der Waals surface area (Å²) in [5.74, 6) is -0.0643. The summed E-state index contributed by atoms with van der Waals surface area (Å²) in [7, 11) is 0. The van der Waals surface area contributed by atoms with Crippen molar-refractivity contribution in [3.05, 3.63) is 53.9 Å². The predicted octanol–water partition coefficient (Wildman–Crippen LogP) is 2.33. The molecule has 26 heavy (non-hydrogen) atoms. The summed E-state index contributed by atoms with van der Waals surface area (Å²) < 4.78 is 1.77. The standard InChI is InChI=1S/C20H27N5O/c1-16(2)24-12-10-18(11-13-24)21-20(26)9-8-19-15-25(23-22-19)14-17-6-4-3-5-7-17/h3-9,15-16,18H,10-14H2,1-2H3,(H,21,26)/b9-8+. The maximum atomic E-state index is 12.1. The van der Waals surface area contributed by atoms with Crippen molar-refractivity contribution in [3.63, 3.8) is 0 Å². The minimum atomic E-state index is -0.0643. The van der Waals surface area contributed by atoms with Crippen LogP contribution in [0.3, 0.4) is 0 Å². The van der Waals surface area contributed by atoms with Gasteiger partial charge >= 0.3 is 0 Å². The van der Waals surface area contributed by atoms with Crippen molar-refractivity contribution in [2.24, 2.45) is 0 Å². The lowest BCUT2D eigenvalue weighted by molar-refractivity contribution is -0.117. The van der Waals surface area contributed by atoms with Crippen molar-refractivity contribution in [2.45, 2.75) is 45.3 Å². The minimum absolute atomic E-state index is 0.0643. The molecule has 0 radical (unpaired) electrons. The van der Waals surface area contributed by atoms with Crippen LogP contribution in [0.25, 0.3) is 6.08 Å². The first kappa shape index (κ1) is 18.3. The molecule has 1 aromatic carbocycles. The molecule has 1 fully saturated rings. The highest BCUT2D eigenvalue weighted by Gasteiger charge is 2.21. The van der Waals surface area contributed by atoms with Gasteiger partial charge in [-0.15, -0.1) is 5.10 Å². The molecule has 0 aliphatic carbocycles. The van der Waals surface area contributed by atoms with Crippen molar-refractivity contribution in [1.82, 2.24) is 25.2 Å². The molecular formula is C20H27N5O. The lowest BCUT2D eigenvalue weighted by Gasteiger charge is -2.34. The number of hydrogen-bond acceptors (Lipinski definition) is 4. The average Bonchev–Trinajstić information content (AvgIpc) is 3.09. The summed E-state index contributed by atoms with van der Waals surface area (Å²) in [6.45, 7) is 7.18. The number of aromatic nitrogens is 3. The monoisotopic (exact) mass is 353 g/mol. The van der Waals surface area contributed by atoms with E-state index in [1.54, 1.807) is 16.8 Å². The van der Waals surface area contributed by atoms with E-state index in [1.807, 2.05) is 24.4 Å². The van der Waals surface area contributed by atoms with E-state index < -0.39 is 0 Å². The van der Waals surface area contributed by atoms with Gasteiger partial charge in [0.25, 0.3) is 0 Å². The lowest BCUT2D eigenvalue weighted by Crippen LogP contribution is -2.46. The topological polar surface area (TPSA) is 63.1 Å². The highest BCUT2D eigenvalue weighted by molar-refractivity contribution is 5.91. The fraction of sp³-hybridized carbons (Fsp3) is 0.450. The van der Waals surface area contributed by atoms with E-state index in [0.29, 0.717) is 18.3 Å². The highest BCUT2D eigenvalue weighted by Crippen LogP contribution is 2.13. The summed E-state index contributed by atoms with van der Waals surface area (Å²) in [4.78, 5) is 14.6. The molecule has 1 aromatic heterocycles. The molecule has 6 nitrogen and oxygen atoms in total. The van der Waals surface area contributed by atoms with Gasteiger partial charge in [-0.1, -0.05) is 35.5 Å². The van der Waals surface area contributed by atoms with Gasteiger partial charge in [0.15, 0.2) is 0 Å². The summed E-state index contributed by atoms with van der Waals surface area (Å²) in [5, 5.41) is 11.3. The Morgan fingerprint density at radius 1 is 1.27 bits per heavy atom. The van der Waals surface area contributed by atoms with Crippen LogP contribution in [0, 0.1) is 0 Å². The Hall–Kier alpha value is -2.47. The molecule has 0 saturated carbocycles. The second-order valence-electron chi connectivity index (χ2n) is 7.07. The molecule has 2 heterocycles. The van der Waals surface area contributed by atoms with Crippen molar-refractivity contribution in [3.8, 4) is 0 Å². The fourth-order valence-electron chi connectivity index (χ4n) is 3.21. The Balaban J connectivity index is 1.47. The van der Waals surface area contributed by atoms with Crippen LogP contribution >= 0.6 is 0 Å². The average molecular weight is 353 g/mol. The van der Waals surface area contributed by atoms with Gasteiger partial charge in [-0.05, 0) is 38.3 Å². The number of likely N-dealkylation sites (tertiary alicyclic amines) is 1. The Morgan fingerprint density at radius 3 is 2.69 bits per heavy atom. The van der Waals surface area contributed by atoms with Crippen LogP contribution in [-0.4, -0.2) is 51.0 Å². The number of carbonyl (C=O) groups is 1. The largest absolute Gasteiger partial charge is 0.350 e. The maximum Gasteiger partial charge on any atom is 0.244 e. The van der Waals surface area contributed by atoms with Gasteiger partial charge in [-0.2, -0.15) is 0 Å². The van der Waals surface area contributed by atoms with Crippen LogP contribution in [0.5, 0.6) is 0 Å². The smallest absolute Gasteiger partial charge is 0.244 e. The number of carbonyl (C=O) groups excluding carboxylic acids is 1. The molecule has 0 atom stereocenters. The van der Waals surface area contributed by atoms with Gasteiger partial charge < -0.3 is 10.2 Å². The van der Waals surface area contributed by atoms with Gasteiger partial charge in [-0.25, -0.2) is 4.68 Å². The first-order valence-electron chi connectivity index (χ1n) is 9.27. The van der Waals surface area contributed by atoms with E-state index in [0.717, 1.165) is 25.9 Å². The molecule has 1 aliphatic rings. The third-order valence-corrected chi connectivity index (χ3v) is 4.76. The lowest BCUT2D eigenvalue weighted by atomic mass is 10.0. The SMILES string of the molecule is CC(C)N1CCC(NC(=O)/C=C/c2cn(Cc3ccccc3)nn2)CC1. The Bertz CT molecular complexity index is 730. The van der Waals surface area contributed by atoms with Gasteiger partial charge in [0.1, 0.15) is 5.69 Å². The van der Waals surface area contributed by atoms with Gasteiger partial charge in [0, 0.05) is 31.2 Å². The molecule has 1 amide bonds. The maximum absolute atomic E-state index is 12.1. The molecule has 1 aliphatic heterocycles. The first-order chi connectivity index (χ1) is 12.6. The Labute approximate surface area is 154 Å². The first-order valence-corrected chi connectivity index (χ1v) is 9.27. The zero-order valence-corrected chi connectivity index (χ0v) is 15.5. The molecule has 0 spiro atoms. The van der Waals surface area contributed by atoms with Crippen LogP contribution in [0.4, 0.5) is 0 Å². The zero-order chi connectivity index (χ0) is 18.4. The van der Waals surface area contributed by atoms with Crippen molar-refractivity contribution in [1.29, 1.82) is 0 Å².